The predicted molar refractivity (Wildman–Crippen MR) is 212 cm³/mol. The van der Waals surface area contributed by atoms with Gasteiger partial charge in [-0.1, -0.05) is 179 Å². The molecule has 0 heterocycles. The lowest BCUT2D eigenvalue weighted by atomic mass is 10.0. The average Bonchev–Trinajstić information content (AvgIpc) is 3.11. The van der Waals surface area contributed by atoms with E-state index in [1.54, 1.807) is 0 Å². The van der Waals surface area contributed by atoms with Crippen LogP contribution in [0.4, 0.5) is 0 Å². The number of nitrogens with one attached hydrogen (secondary N) is 2. The molecule has 6 heteroatoms. The molecule has 0 bridgehead atoms. The number of benzene rings is 1. The first-order valence-corrected chi connectivity index (χ1v) is 21.4. The molecule has 1 aromatic carbocycles. The quantitative estimate of drug-likeness (QED) is 0.0524. The molecule has 0 saturated carbocycles. The number of rotatable bonds is 36. The van der Waals surface area contributed by atoms with Crippen LogP contribution in [0.15, 0.2) is 24.3 Å². The smallest absolute Gasteiger partial charge is 0.220 e. The third-order valence-electron chi connectivity index (χ3n) is 10.2. The van der Waals surface area contributed by atoms with E-state index in [0.29, 0.717) is 25.9 Å². The van der Waals surface area contributed by atoms with Gasteiger partial charge in [-0.25, -0.2) is 0 Å². The third-order valence-corrected chi connectivity index (χ3v) is 10.2. The normalized spacial score (nSPS) is 12.6. The van der Waals surface area contributed by atoms with E-state index in [1.165, 1.54) is 103 Å². The zero-order valence-electron chi connectivity index (χ0n) is 32.8. The minimum absolute atomic E-state index is 0.0898. The van der Waals surface area contributed by atoms with Crippen molar-refractivity contribution in [2.45, 2.75) is 232 Å². The van der Waals surface area contributed by atoms with Gasteiger partial charge in [-0.05, 0) is 49.7 Å². The second kappa shape index (κ2) is 34.2. The fraction of sp³-hybridized carbons (Fsp3) is 0.818. The van der Waals surface area contributed by atoms with Crippen molar-refractivity contribution < 1.29 is 19.8 Å². The van der Waals surface area contributed by atoms with Crippen LogP contribution in [0.25, 0.3) is 0 Å². The number of hydrogen-bond acceptors (Lipinski definition) is 4. The molecule has 0 fully saturated rings. The first-order valence-electron chi connectivity index (χ1n) is 21.4. The van der Waals surface area contributed by atoms with Gasteiger partial charge in [0.1, 0.15) is 0 Å². The standard InChI is InChI=1S/C44H80N2O4/c1-3-29-41(47)33-23-19-15-11-7-5-9-13-17-21-25-35-43(49)45-37-39-31-27-28-32-40(39)38-46-44(50)36-26-22-18-14-10-6-8-12-16-20-24-34-42(48)30-4-2/h27-28,31-32,41-42,47-48H,3-26,29-30,33-38H2,1-2H3,(H,45,49)(H,46,50). The lowest BCUT2D eigenvalue weighted by molar-refractivity contribution is -0.122. The highest BCUT2D eigenvalue weighted by molar-refractivity contribution is 5.76. The van der Waals surface area contributed by atoms with Crippen LogP contribution >= 0.6 is 0 Å². The Morgan fingerprint density at radius 1 is 0.460 bits per heavy atom. The summed E-state index contributed by atoms with van der Waals surface area (Å²) in [6.07, 6.45) is 33.9. The largest absolute Gasteiger partial charge is 0.393 e. The molecule has 2 atom stereocenters. The molecule has 2 amide bonds. The van der Waals surface area contributed by atoms with Gasteiger partial charge in [0.15, 0.2) is 0 Å². The van der Waals surface area contributed by atoms with Gasteiger partial charge in [0, 0.05) is 25.9 Å². The minimum Gasteiger partial charge on any atom is -0.393 e. The van der Waals surface area contributed by atoms with Crippen LogP contribution in [-0.4, -0.2) is 34.2 Å². The number of amides is 2. The first kappa shape index (κ1) is 46.1. The van der Waals surface area contributed by atoms with E-state index in [2.05, 4.69) is 24.5 Å². The Morgan fingerprint density at radius 3 is 1.04 bits per heavy atom. The van der Waals surface area contributed by atoms with Crippen LogP contribution in [-0.2, 0) is 22.7 Å². The van der Waals surface area contributed by atoms with E-state index >= 15 is 0 Å². The van der Waals surface area contributed by atoms with Crippen LogP contribution in [0.3, 0.4) is 0 Å². The highest BCUT2D eigenvalue weighted by Gasteiger charge is 2.08. The summed E-state index contributed by atoms with van der Waals surface area (Å²) in [5.74, 6) is 0.224. The lowest BCUT2D eigenvalue weighted by Crippen LogP contribution is -2.25. The van der Waals surface area contributed by atoms with E-state index < -0.39 is 0 Å². The molecule has 50 heavy (non-hydrogen) atoms. The summed E-state index contributed by atoms with van der Waals surface area (Å²) in [5.41, 5.74) is 2.14. The molecule has 2 unspecified atom stereocenters. The Balaban J connectivity index is 1.99. The zero-order chi connectivity index (χ0) is 36.3. The summed E-state index contributed by atoms with van der Waals surface area (Å²) in [6, 6.07) is 8.07. The molecular formula is C44H80N2O4. The van der Waals surface area contributed by atoms with Crippen LogP contribution in [0.5, 0.6) is 0 Å². The third kappa shape index (κ3) is 28.7. The van der Waals surface area contributed by atoms with Crippen LogP contribution in [0.1, 0.15) is 218 Å². The molecule has 0 aromatic heterocycles. The molecule has 0 aliphatic rings. The summed E-state index contributed by atoms with van der Waals surface area (Å²) < 4.78 is 0. The number of aliphatic hydroxyl groups is 2. The summed E-state index contributed by atoms with van der Waals surface area (Å²) in [7, 11) is 0. The van der Waals surface area contributed by atoms with Crippen LogP contribution < -0.4 is 10.6 Å². The summed E-state index contributed by atoms with van der Waals surface area (Å²) in [4.78, 5) is 24.9. The number of aliphatic hydroxyl groups excluding tert-OH is 2. The molecule has 1 rings (SSSR count). The van der Waals surface area contributed by atoms with Crippen molar-refractivity contribution in [1.29, 1.82) is 0 Å². The molecule has 0 radical (unpaired) electrons. The summed E-state index contributed by atoms with van der Waals surface area (Å²) >= 11 is 0. The molecule has 4 N–H and O–H groups in total. The molecule has 0 saturated heterocycles. The van der Waals surface area contributed by atoms with Gasteiger partial charge in [-0.2, -0.15) is 0 Å². The van der Waals surface area contributed by atoms with Gasteiger partial charge < -0.3 is 20.8 Å². The fourth-order valence-corrected chi connectivity index (χ4v) is 6.93. The van der Waals surface area contributed by atoms with E-state index in [-0.39, 0.29) is 24.0 Å². The monoisotopic (exact) mass is 701 g/mol. The molecule has 290 valence electrons. The van der Waals surface area contributed by atoms with Gasteiger partial charge in [-0.3, -0.25) is 9.59 Å². The predicted octanol–water partition coefficient (Wildman–Crippen LogP) is 11.4. The Hall–Kier alpha value is -1.92. The second-order valence-electron chi connectivity index (χ2n) is 15.1. The van der Waals surface area contributed by atoms with Gasteiger partial charge >= 0.3 is 0 Å². The molecular weight excluding hydrogens is 620 g/mol. The lowest BCUT2D eigenvalue weighted by Gasteiger charge is -2.12. The van der Waals surface area contributed by atoms with Gasteiger partial charge in [-0.15, -0.1) is 0 Å². The van der Waals surface area contributed by atoms with Gasteiger partial charge in [0.05, 0.1) is 12.2 Å². The summed E-state index contributed by atoms with van der Waals surface area (Å²) in [5, 5.41) is 25.8. The maximum atomic E-state index is 12.5. The van der Waals surface area contributed by atoms with E-state index in [4.69, 9.17) is 0 Å². The SMILES string of the molecule is CCCC(O)CCCCCCCCCCCCCC(=O)NCc1ccccc1CNC(=O)CCCCCCCCCCCCCC(O)CCC. The number of unbranched alkanes of at least 4 members (excludes halogenated alkanes) is 20. The fourth-order valence-electron chi connectivity index (χ4n) is 6.93. The number of carbonyl (C=O) groups excluding carboxylic acids is 2. The van der Waals surface area contributed by atoms with Gasteiger partial charge in [0.2, 0.25) is 11.8 Å². The average molecular weight is 701 g/mol. The highest BCUT2D eigenvalue weighted by atomic mass is 16.3. The van der Waals surface area contributed by atoms with Crippen molar-refractivity contribution in [3.63, 3.8) is 0 Å². The Kier molecular flexibility index (Phi) is 31.5. The number of hydrogen-bond donors (Lipinski definition) is 4. The first-order chi connectivity index (χ1) is 24.5. The van der Waals surface area contributed by atoms with Crippen LogP contribution in [0, 0.1) is 0 Å². The van der Waals surface area contributed by atoms with E-state index in [1.807, 2.05) is 24.3 Å². The molecule has 1 aromatic rings. The Morgan fingerprint density at radius 2 is 0.740 bits per heavy atom. The maximum Gasteiger partial charge on any atom is 0.220 e. The molecule has 6 nitrogen and oxygen atoms in total. The van der Waals surface area contributed by atoms with Gasteiger partial charge in [0.25, 0.3) is 0 Å². The minimum atomic E-state index is -0.0898. The Labute approximate surface area is 308 Å². The van der Waals surface area contributed by atoms with Crippen molar-refractivity contribution in [3.05, 3.63) is 35.4 Å². The number of carbonyl (C=O) groups is 2. The zero-order valence-corrected chi connectivity index (χ0v) is 32.8. The van der Waals surface area contributed by atoms with Crippen molar-refractivity contribution in [2.75, 3.05) is 0 Å². The molecule has 0 spiro atoms. The Bertz CT molecular complexity index is 850. The highest BCUT2D eigenvalue weighted by Crippen LogP contribution is 2.16. The van der Waals surface area contributed by atoms with Crippen molar-refractivity contribution >= 4 is 11.8 Å². The van der Waals surface area contributed by atoms with E-state index in [9.17, 15) is 19.8 Å². The van der Waals surface area contributed by atoms with Crippen molar-refractivity contribution in [3.8, 4) is 0 Å². The maximum absolute atomic E-state index is 12.5. The van der Waals surface area contributed by atoms with Crippen molar-refractivity contribution in [2.24, 2.45) is 0 Å². The molecule has 0 aliphatic carbocycles. The summed E-state index contributed by atoms with van der Waals surface area (Å²) in [6.45, 7) is 5.28. The van der Waals surface area contributed by atoms with Crippen molar-refractivity contribution in [1.82, 2.24) is 10.6 Å². The molecule has 0 aliphatic heterocycles. The topological polar surface area (TPSA) is 98.7 Å². The van der Waals surface area contributed by atoms with Crippen LogP contribution in [0.2, 0.25) is 0 Å². The van der Waals surface area contributed by atoms with E-state index in [0.717, 1.165) is 88.2 Å². The second-order valence-corrected chi connectivity index (χ2v) is 15.1.